The number of carbonyl (C=O) groups is 1. The Morgan fingerprint density at radius 2 is 1.95 bits per heavy atom. The van der Waals surface area contributed by atoms with Crippen molar-refractivity contribution in [1.29, 1.82) is 0 Å². The SMILES string of the molecule is CC1=C(N=C(N)c2n[nH]c3ccc(O[C@H](C)c4c(Cl)cncc4Cl)cc23)CN(C(=O)CN2CCCC2)C1. The number of nitrogens with zero attached hydrogens (tertiary/aromatic N) is 5. The average molecular weight is 542 g/mol. The lowest BCUT2D eigenvalue weighted by atomic mass is 10.1. The monoisotopic (exact) mass is 541 g/mol. The summed E-state index contributed by atoms with van der Waals surface area (Å²) in [5.41, 5.74) is 10.2. The number of rotatable bonds is 7. The second kappa shape index (κ2) is 10.7. The van der Waals surface area contributed by atoms with Gasteiger partial charge in [-0.1, -0.05) is 23.2 Å². The molecule has 0 aliphatic carbocycles. The van der Waals surface area contributed by atoms with E-state index in [-0.39, 0.29) is 11.7 Å². The van der Waals surface area contributed by atoms with E-state index in [1.54, 1.807) is 0 Å². The molecule has 0 radical (unpaired) electrons. The highest BCUT2D eigenvalue weighted by Gasteiger charge is 2.26. The molecule has 2 aliphatic heterocycles. The third kappa shape index (κ3) is 5.44. The number of hydrogen-bond donors (Lipinski definition) is 2. The number of aliphatic imine (C=N–C) groups is 1. The van der Waals surface area contributed by atoms with Crippen LogP contribution in [-0.2, 0) is 4.79 Å². The molecule has 0 saturated carbocycles. The topological polar surface area (TPSA) is 113 Å². The number of likely N-dealkylation sites (tertiary alicyclic amines) is 1. The number of nitrogens with one attached hydrogen (secondary N) is 1. The van der Waals surface area contributed by atoms with Crippen molar-refractivity contribution in [3.8, 4) is 5.75 Å². The Morgan fingerprint density at radius 3 is 2.68 bits per heavy atom. The Labute approximate surface area is 225 Å². The van der Waals surface area contributed by atoms with E-state index in [2.05, 4.69) is 25.1 Å². The van der Waals surface area contributed by atoms with Crippen LogP contribution < -0.4 is 10.5 Å². The van der Waals surface area contributed by atoms with Gasteiger partial charge < -0.3 is 15.4 Å². The van der Waals surface area contributed by atoms with Crippen LogP contribution in [0.25, 0.3) is 10.9 Å². The summed E-state index contributed by atoms with van der Waals surface area (Å²) in [7, 11) is 0. The van der Waals surface area contributed by atoms with E-state index in [0.717, 1.165) is 48.1 Å². The summed E-state index contributed by atoms with van der Waals surface area (Å²) < 4.78 is 6.14. The number of halogens is 2. The van der Waals surface area contributed by atoms with Crippen LogP contribution >= 0.6 is 23.2 Å². The van der Waals surface area contributed by atoms with Gasteiger partial charge in [0.25, 0.3) is 0 Å². The molecule has 0 unspecified atom stereocenters. The zero-order chi connectivity index (χ0) is 26.1. The van der Waals surface area contributed by atoms with Gasteiger partial charge in [0.2, 0.25) is 5.91 Å². The maximum absolute atomic E-state index is 12.8. The second-order valence-corrected chi connectivity index (χ2v) is 10.3. The maximum atomic E-state index is 12.8. The standard InChI is InChI=1S/C26H29Cl2N7O2/c1-15-12-35(23(36)14-34-7-3-4-8-34)13-22(15)31-26(29)25-18-9-17(5-6-21(18)32-33-25)37-16(2)24-19(27)10-30-11-20(24)28/h5-6,9-11,16H,3-4,7-8,12-14H2,1-2H3,(H2,29,31)(H,32,33)/t16-/m1/s1. The molecule has 3 N–H and O–H groups in total. The second-order valence-electron chi connectivity index (χ2n) is 9.51. The Kier molecular flexibility index (Phi) is 7.37. The Balaban J connectivity index is 1.33. The van der Waals surface area contributed by atoms with Gasteiger partial charge in [0.15, 0.2) is 5.84 Å². The van der Waals surface area contributed by atoms with Crippen molar-refractivity contribution in [2.75, 3.05) is 32.7 Å². The smallest absolute Gasteiger partial charge is 0.237 e. The lowest BCUT2D eigenvalue weighted by Gasteiger charge is -2.20. The van der Waals surface area contributed by atoms with Crippen molar-refractivity contribution < 1.29 is 9.53 Å². The van der Waals surface area contributed by atoms with Gasteiger partial charge in [-0.3, -0.25) is 19.8 Å². The Hall–Kier alpha value is -3.14. The first kappa shape index (κ1) is 25.5. The number of ether oxygens (including phenoxy) is 1. The molecule has 2 aromatic heterocycles. The fourth-order valence-corrected chi connectivity index (χ4v) is 5.49. The number of benzene rings is 1. The van der Waals surface area contributed by atoms with Crippen LogP contribution in [0.3, 0.4) is 0 Å². The summed E-state index contributed by atoms with van der Waals surface area (Å²) in [6.07, 6.45) is 4.99. The van der Waals surface area contributed by atoms with Gasteiger partial charge in [0, 0.05) is 29.9 Å². The van der Waals surface area contributed by atoms with Crippen LogP contribution in [0.15, 0.2) is 46.9 Å². The van der Waals surface area contributed by atoms with Gasteiger partial charge >= 0.3 is 0 Å². The normalized spacial score (nSPS) is 17.7. The Bertz CT molecular complexity index is 1370. The molecule has 4 heterocycles. The van der Waals surface area contributed by atoms with Gasteiger partial charge in [-0.2, -0.15) is 5.10 Å². The van der Waals surface area contributed by atoms with Crippen LogP contribution in [0, 0.1) is 0 Å². The fraction of sp³-hybridized carbons (Fsp3) is 0.385. The third-order valence-corrected chi connectivity index (χ3v) is 7.42. The maximum Gasteiger partial charge on any atom is 0.237 e. The minimum absolute atomic E-state index is 0.126. The van der Waals surface area contributed by atoms with Crippen molar-refractivity contribution >= 4 is 45.8 Å². The van der Waals surface area contributed by atoms with Gasteiger partial charge in [-0.15, -0.1) is 0 Å². The number of aromatic amines is 1. The van der Waals surface area contributed by atoms with E-state index in [1.165, 1.54) is 12.4 Å². The van der Waals surface area contributed by atoms with E-state index in [1.807, 2.05) is 36.9 Å². The summed E-state index contributed by atoms with van der Waals surface area (Å²) >= 11 is 12.6. The molecule has 1 atom stereocenters. The van der Waals surface area contributed by atoms with Crippen LogP contribution in [-0.4, -0.2) is 69.4 Å². The molecule has 37 heavy (non-hydrogen) atoms. The van der Waals surface area contributed by atoms with E-state index < -0.39 is 6.10 Å². The summed E-state index contributed by atoms with van der Waals surface area (Å²) in [5.74, 6) is 1.01. The summed E-state index contributed by atoms with van der Waals surface area (Å²) in [4.78, 5) is 25.5. The molecular formula is C26H29Cl2N7O2. The highest BCUT2D eigenvalue weighted by molar-refractivity contribution is 6.35. The molecule has 5 rings (SSSR count). The number of fused-ring (bicyclic) bond motifs is 1. The number of carbonyl (C=O) groups excluding carboxylic acids is 1. The number of H-pyrrole nitrogens is 1. The quantitative estimate of drug-likeness (QED) is 0.340. The van der Waals surface area contributed by atoms with Crippen molar-refractivity contribution in [1.82, 2.24) is 25.0 Å². The fourth-order valence-electron chi connectivity index (χ4n) is 4.82. The number of pyridine rings is 1. The number of nitrogens with two attached hydrogens (primary N) is 1. The van der Waals surface area contributed by atoms with Crippen molar-refractivity contribution in [3.05, 3.63) is 63.2 Å². The number of amidine groups is 1. The van der Waals surface area contributed by atoms with Crippen LogP contribution in [0.4, 0.5) is 0 Å². The van der Waals surface area contributed by atoms with Crippen molar-refractivity contribution in [2.24, 2.45) is 10.7 Å². The zero-order valence-electron chi connectivity index (χ0n) is 20.8. The van der Waals surface area contributed by atoms with Crippen LogP contribution in [0.1, 0.15) is 44.1 Å². The molecule has 3 aromatic rings. The zero-order valence-corrected chi connectivity index (χ0v) is 22.3. The number of hydrogen-bond acceptors (Lipinski definition) is 6. The van der Waals surface area contributed by atoms with E-state index in [4.69, 9.17) is 33.7 Å². The lowest BCUT2D eigenvalue weighted by molar-refractivity contribution is -0.130. The molecule has 0 bridgehead atoms. The summed E-state index contributed by atoms with van der Waals surface area (Å²) in [6, 6.07) is 5.57. The molecule has 2 aliphatic rings. The van der Waals surface area contributed by atoms with E-state index in [9.17, 15) is 4.79 Å². The summed E-state index contributed by atoms with van der Waals surface area (Å²) in [5, 5.41) is 9.05. The summed E-state index contributed by atoms with van der Waals surface area (Å²) in [6.45, 7) is 7.31. The molecule has 1 saturated heterocycles. The molecule has 9 nitrogen and oxygen atoms in total. The van der Waals surface area contributed by atoms with Crippen molar-refractivity contribution in [3.63, 3.8) is 0 Å². The van der Waals surface area contributed by atoms with Crippen molar-refractivity contribution in [2.45, 2.75) is 32.8 Å². The third-order valence-electron chi connectivity index (χ3n) is 6.81. The number of aromatic nitrogens is 3. The largest absolute Gasteiger partial charge is 0.486 e. The Morgan fingerprint density at radius 1 is 1.22 bits per heavy atom. The van der Waals surface area contributed by atoms with E-state index >= 15 is 0 Å². The lowest BCUT2D eigenvalue weighted by Crippen LogP contribution is -2.38. The minimum Gasteiger partial charge on any atom is -0.486 e. The van der Waals surface area contributed by atoms with E-state index in [0.29, 0.717) is 46.7 Å². The minimum atomic E-state index is -0.405. The van der Waals surface area contributed by atoms with Gasteiger partial charge in [-0.25, -0.2) is 4.99 Å². The first-order valence-corrected chi connectivity index (χ1v) is 13.0. The molecule has 1 aromatic carbocycles. The first-order chi connectivity index (χ1) is 17.8. The molecule has 11 heteroatoms. The molecule has 1 fully saturated rings. The van der Waals surface area contributed by atoms with Gasteiger partial charge in [0.1, 0.15) is 17.5 Å². The van der Waals surface area contributed by atoms with Gasteiger partial charge in [0.05, 0.1) is 34.3 Å². The number of amides is 1. The van der Waals surface area contributed by atoms with Crippen LogP contribution in [0.2, 0.25) is 10.0 Å². The molecule has 1 amide bonds. The predicted octanol–water partition coefficient (Wildman–Crippen LogP) is 4.32. The molecule has 194 valence electrons. The highest BCUT2D eigenvalue weighted by atomic mass is 35.5. The molecule has 0 spiro atoms. The molecular weight excluding hydrogens is 513 g/mol. The predicted molar refractivity (Wildman–Crippen MR) is 145 cm³/mol. The first-order valence-electron chi connectivity index (χ1n) is 12.3. The average Bonchev–Trinajstić information content (AvgIpc) is 3.59. The highest BCUT2D eigenvalue weighted by Crippen LogP contribution is 2.33. The van der Waals surface area contributed by atoms with Crippen LogP contribution in [0.5, 0.6) is 5.75 Å². The van der Waals surface area contributed by atoms with Gasteiger partial charge in [-0.05, 0) is 63.6 Å².